The molecule has 0 radical (unpaired) electrons. The van der Waals surface area contributed by atoms with Crippen molar-refractivity contribution in [2.24, 2.45) is 0 Å². The molecule has 222 valence electrons. The Kier molecular flexibility index (Phi) is 12.1. The zero-order valence-electron chi connectivity index (χ0n) is 22.1. The summed E-state index contributed by atoms with van der Waals surface area (Å²) in [5.41, 5.74) is 1.15. The lowest BCUT2D eigenvalue weighted by Crippen LogP contribution is -2.55. The quantitative estimate of drug-likeness (QED) is 0.107. The molecular formula is C28H24Cl5N3O6. The Hall–Kier alpha value is -3.21. The number of nitrogens with zero attached hydrogens (tertiary/aromatic N) is 1. The number of carbonyl (C=O) groups is 4. The number of para-hydroxylation sites is 1. The van der Waals surface area contributed by atoms with Gasteiger partial charge >= 0.3 is 12.1 Å². The summed E-state index contributed by atoms with van der Waals surface area (Å²) in [6.07, 6.45) is -0.813. The van der Waals surface area contributed by atoms with Crippen LogP contribution in [0.2, 0.25) is 25.1 Å². The predicted molar refractivity (Wildman–Crippen MR) is 163 cm³/mol. The van der Waals surface area contributed by atoms with Gasteiger partial charge in [-0.25, -0.2) is 9.59 Å². The van der Waals surface area contributed by atoms with Gasteiger partial charge in [-0.15, -0.1) is 0 Å². The first-order valence-corrected chi connectivity index (χ1v) is 14.2. The molecule has 3 aromatic rings. The number of rotatable bonds is 10. The average Bonchev–Trinajstić information content (AvgIpc) is 3.00. The number of carbonyl (C=O) groups excluding carboxylic acids is 4. The molecule has 0 fully saturated rings. The van der Waals surface area contributed by atoms with Crippen LogP contribution < -0.4 is 20.3 Å². The van der Waals surface area contributed by atoms with E-state index in [1.165, 1.54) is 18.7 Å². The van der Waals surface area contributed by atoms with E-state index < -0.39 is 42.5 Å². The number of esters is 1. The highest BCUT2D eigenvalue weighted by atomic mass is 35.5. The molecular weight excluding hydrogens is 652 g/mol. The zero-order chi connectivity index (χ0) is 31.0. The summed E-state index contributed by atoms with van der Waals surface area (Å²) >= 11 is 30.1. The van der Waals surface area contributed by atoms with Crippen molar-refractivity contribution in [1.29, 1.82) is 0 Å². The summed E-state index contributed by atoms with van der Waals surface area (Å²) in [6, 6.07) is 15.2. The van der Waals surface area contributed by atoms with Gasteiger partial charge in [0.1, 0.15) is 35.3 Å². The van der Waals surface area contributed by atoms with Crippen LogP contribution in [0.5, 0.6) is 5.75 Å². The van der Waals surface area contributed by atoms with Gasteiger partial charge in [-0.1, -0.05) is 107 Å². The van der Waals surface area contributed by atoms with Gasteiger partial charge in [-0.05, 0) is 31.5 Å². The highest BCUT2D eigenvalue weighted by Gasteiger charge is 2.32. The summed E-state index contributed by atoms with van der Waals surface area (Å²) in [4.78, 5) is 52.6. The van der Waals surface area contributed by atoms with Crippen LogP contribution in [0.15, 0.2) is 60.7 Å². The standard InChI is InChI=1S/C28H24Cl5N3O6/c1-15(35-28(40)41-14-17-9-5-3-6-10-17)27(39)36(18-11-7-4-8-12-18)16(2)26(38)34-13-19(37)42-25-23(32)21(30)20(29)22(31)24(25)33/h3-12,15-16H,13-14H2,1-2H3,(H,34,38)(H,35,40)/t15-,16-/m0/s1. The minimum Gasteiger partial charge on any atom is -0.445 e. The number of ether oxygens (including phenoxy) is 2. The van der Waals surface area contributed by atoms with Gasteiger partial charge in [0.05, 0.1) is 15.1 Å². The van der Waals surface area contributed by atoms with E-state index in [1.54, 1.807) is 54.6 Å². The maximum absolute atomic E-state index is 13.5. The number of hydrogen-bond donors (Lipinski definition) is 2. The lowest BCUT2D eigenvalue weighted by molar-refractivity contribution is -0.135. The molecule has 9 nitrogen and oxygen atoms in total. The van der Waals surface area contributed by atoms with E-state index in [4.69, 9.17) is 67.5 Å². The number of alkyl carbamates (subject to hydrolysis) is 1. The molecule has 0 heterocycles. The molecule has 0 aliphatic rings. The molecule has 3 amide bonds. The van der Waals surface area contributed by atoms with E-state index >= 15 is 0 Å². The van der Waals surface area contributed by atoms with Crippen LogP contribution in [0.3, 0.4) is 0 Å². The number of benzene rings is 3. The SMILES string of the molecule is C[C@H](NC(=O)OCc1ccccc1)C(=O)N(c1ccccc1)[C@@H](C)C(=O)NCC(=O)Oc1c(Cl)c(Cl)c(Cl)c(Cl)c1Cl. The zero-order valence-corrected chi connectivity index (χ0v) is 25.9. The molecule has 2 atom stereocenters. The molecule has 0 spiro atoms. The third-order valence-electron chi connectivity index (χ3n) is 5.75. The summed E-state index contributed by atoms with van der Waals surface area (Å²) in [5, 5.41) is 3.95. The third-order valence-corrected chi connectivity index (χ3v) is 7.99. The highest BCUT2D eigenvalue weighted by molar-refractivity contribution is 6.55. The van der Waals surface area contributed by atoms with Crippen LogP contribution in [0.1, 0.15) is 19.4 Å². The van der Waals surface area contributed by atoms with Crippen molar-refractivity contribution in [3.05, 3.63) is 91.3 Å². The molecule has 3 aromatic carbocycles. The fourth-order valence-electron chi connectivity index (χ4n) is 3.59. The third kappa shape index (κ3) is 8.42. The first-order chi connectivity index (χ1) is 19.9. The molecule has 0 saturated heterocycles. The van der Waals surface area contributed by atoms with Crippen molar-refractivity contribution in [1.82, 2.24) is 10.6 Å². The van der Waals surface area contributed by atoms with Crippen molar-refractivity contribution in [2.45, 2.75) is 32.5 Å². The Balaban J connectivity index is 1.67. The van der Waals surface area contributed by atoms with Crippen LogP contribution in [0, 0.1) is 0 Å². The average molecular weight is 676 g/mol. The van der Waals surface area contributed by atoms with E-state index in [1.807, 2.05) is 6.07 Å². The molecule has 42 heavy (non-hydrogen) atoms. The Morgan fingerprint density at radius 1 is 0.786 bits per heavy atom. The second-order valence-electron chi connectivity index (χ2n) is 8.74. The maximum atomic E-state index is 13.5. The van der Waals surface area contributed by atoms with Gasteiger partial charge in [0.25, 0.3) is 0 Å². The van der Waals surface area contributed by atoms with E-state index in [9.17, 15) is 19.2 Å². The highest BCUT2D eigenvalue weighted by Crippen LogP contribution is 2.48. The number of nitrogens with one attached hydrogen (secondary N) is 2. The van der Waals surface area contributed by atoms with Crippen molar-refractivity contribution in [2.75, 3.05) is 11.4 Å². The van der Waals surface area contributed by atoms with Crippen molar-refractivity contribution >= 4 is 87.6 Å². The van der Waals surface area contributed by atoms with Crippen molar-refractivity contribution in [3.63, 3.8) is 0 Å². The summed E-state index contributed by atoms with van der Waals surface area (Å²) in [6.45, 7) is 2.30. The maximum Gasteiger partial charge on any atom is 0.408 e. The number of halogens is 5. The normalized spacial score (nSPS) is 12.1. The largest absolute Gasteiger partial charge is 0.445 e. The monoisotopic (exact) mass is 673 g/mol. The molecule has 2 N–H and O–H groups in total. The van der Waals surface area contributed by atoms with Crippen molar-refractivity contribution in [3.8, 4) is 5.75 Å². The Morgan fingerprint density at radius 2 is 1.31 bits per heavy atom. The Bertz CT molecular complexity index is 1430. The van der Waals surface area contributed by atoms with Crippen LogP contribution in [-0.2, 0) is 25.7 Å². The summed E-state index contributed by atoms with van der Waals surface area (Å²) in [7, 11) is 0. The predicted octanol–water partition coefficient (Wildman–Crippen LogP) is 6.71. The van der Waals surface area contributed by atoms with Gasteiger partial charge in [0.2, 0.25) is 11.8 Å². The number of anilines is 1. The second kappa shape index (κ2) is 15.3. The van der Waals surface area contributed by atoms with Crippen LogP contribution in [0.25, 0.3) is 0 Å². The summed E-state index contributed by atoms with van der Waals surface area (Å²) in [5.74, 6) is -2.59. The lowest BCUT2D eigenvalue weighted by Gasteiger charge is -2.31. The van der Waals surface area contributed by atoms with Crippen molar-refractivity contribution < 1.29 is 28.7 Å². The first-order valence-electron chi connectivity index (χ1n) is 12.3. The molecule has 0 saturated carbocycles. The van der Waals surface area contributed by atoms with Gasteiger partial charge in [0, 0.05) is 5.69 Å². The number of hydrogen-bond acceptors (Lipinski definition) is 6. The molecule has 0 aliphatic carbocycles. The van der Waals surface area contributed by atoms with E-state index in [0.717, 1.165) is 5.56 Å². The Morgan fingerprint density at radius 3 is 1.88 bits per heavy atom. The van der Waals surface area contributed by atoms with Crippen LogP contribution in [-0.4, -0.2) is 42.5 Å². The second-order valence-corrected chi connectivity index (χ2v) is 10.6. The smallest absolute Gasteiger partial charge is 0.408 e. The first kappa shape index (κ1) is 33.3. The Labute approximate surface area is 266 Å². The minimum absolute atomic E-state index is 0.00967. The molecule has 0 aliphatic heterocycles. The number of amides is 3. The molecule has 0 aromatic heterocycles. The summed E-state index contributed by atoms with van der Waals surface area (Å²) < 4.78 is 10.4. The van der Waals surface area contributed by atoms with E-state index in [2.05, 4.69) is 10.6 Å². The molecule has 0 unspecified atom stereocenters. The van der Waals surface area contributed by atoms with E-state index in [-0.39, 0.29) is 37.5 Å². The lowest BCUT2D eigenvalue weighted by atomic mass is 10.1. The van der Waals surface area contributed by atoms with E-state index in [0.29, 0.717) is 5.69 Å². The molecule has 14 heteroatoms. The fraction of sp³-hybridized carbons (Fsp3) is 0.214. The van der Waals surface area contributed by atoms with Crippen LogP contribution >= 0.6 is 58.0 Å². The minimum atomic E-state index is -1.12. The van der Waals surface area contributed by atoms with Gasteiger partial charge in [-0.3, -0.25) is 14.5 Å². The molecule has 3 rings (SSSR count). The van der Waals surface area contributed by atoms with Crippen LogP contribution in [0.4, 0.5) is 10.5 Å². The molecule has 0 bridgehead atoms. The topological polar surface area (TPSA) is 114 Å². The van der Waals surface area contributed by atoms with Gasteiger partial charge in [-0.2, -0.15) is 0 Å². The fourth-order valence-corrected chi connectivity index (χ4v) is 4.79. The van der Waals surface area contributed by atoms with Gasteiger partial charge in [0.15, 0.2) is 5.75 Å². The van der Waals surface area contributed by atoms with Gasteiger partial charge < -0.3 is 20.1 Å².